The van der Waals surface area contributed by atoms with Crippen LogP contribution in [0.15, 0.2) is 48.5 Å². The molecule has 0 radical (unpaired) electrons. The van der Waals surface area contributed by atoms with E-state index in [1.165, 1.54) is 11.0 Å². The Morgan fingerprint density at radius 3 is 2.54 bits per heavy atom. The van der Waals surface area contributed by atoms with Crippen molar-refractivity contribution in [3.05, 3.63) is 65.5 Å². The van der Waals surface area contributed by atoms with E-state index in [1.807, 2.05) is 19.1 Å². The van der Waals surface area contributed by atoms with Crippen LogP contribution in [0.4, 0.5) is 10.1 Å². The largest absolute Gasteiger partial charge is 0.324 e. The number of aryl methyl sites for hydroxylation is 1. The molecule has 4 nitrogen and oxygen atoms in total. The van der Waals surface area contributed by atoms with Crippen molar-refractivity contribution in [1.29, 1.82) is 0 Å². The second-order valence-corrected chi connectivity index (χ2v) is 5.90. The van der Waals surface area contributed by atoms with Gasteiger partial charge in [-0.25, -0.2) is 4.39 Å². The predicted octanol–water partition coefficient (Wildman–Crippen LogP) is 3.36. The van der Waals surface area contributed by atoms with Crippen LogP contribution in [0.25, 0.3) is 0 Å². The molecule has 0 saturated carbocycles. The Morgan fingerprint density at radius 2 is 1.88 bits per heavy atom. The number of halogens is 1. The molecule has 2 aromatic rings. The number of benzene rings is 2. The summed E-state index contributed by atoms with van der Waals surface area (Å²) in [5.74, 6) is -0.794. The van der Waals surface area contributed by atoms with E-state index in [9.17, 15) is 14.0 Å². The highest BCUT2D eigenvalue weighted by Crippen LogP contribution is 2.24. The van der Waals surface area contributed by atoms with Gasteiger partial charge in [-0.05, 0) is 37.1 Å². The Balaban J connectivity index is 1.98. The van der Waals surface area contributed by atoms with Gasteiger partial charge in [0, 0.05) is 18.5 Å². The third-order valence-corrected chi connectivity index (χ3v) is 4.25. The first-order chi connectivity index (χ1) is 11.6. The molecule has 0 aromatic heterocycles. The summed E-state index contributed by atoms with van der Waals surface area (Å²) >= 11 is 0. The molecule has 1 heterocycles. The first kappa shape index (κ1) is 16.2. The van der Waals surface area contributed by atoms with Crippen LogP contribution in [-0.2, 0) is 4.79 Å². The second kappa shape index (κ2) is 6.83. The van der Waals surface area contributed by atoms with Crippen LogP contribution >= 0.6 is 0 Å². The van der Waals surface area contributed by atoms with Gasteiger partial charge in [-0.1, -0.05) is 30.3 Å². The number of rotatable bonds is 4. The van der Waals surface area contributed by atoms with Crippen LogP contribution in [0.5, 0.6) is 0 Å². The van der Waals surface area contributed by atoms with E-state index >= 15 is 0 Å². The summed E-state index contributed by atoms with van der Waals surface area (Å²) in [4.78, 5) is 27.9. The molecule has 0 aliphatic carbocycles. The number of likely N-dealkylation sites (tertiary alicyclic amines) is 1. The van der Waals surface area contributed by atoms with E-state index in [0.29, 0.717) is 18.5 Å². The summed E-state index contributed by atoms with van der Waals surface area (Å²) in [5, 5.41) is 0. The lowest BCUT2D eigenvalue weighted by Crippen LogP contribution is -2.43. The summed E-state index contributed by atoms with van der Waals surface area (Å²) in [6, 6.07) is 13.3. The molecular weight excluding hydrogens is 307 g/mol. The summed E-state index contributed by atoms with van der Waals surface area (Å²) in [6.07, 6.45) is 1.24. The molecule has 0 unspecified atom stereocenters. The number of nitrogens with zero attached hydrogens (tertiary/aromatic N) is 2. The maximum Gasteiger partial charge on any atom is 0.260 e. The van der Waals surface area contributed by atoms with E-state index in [4.69, 9.17) is 0 Å². The fourth-order valence-electron chi connectivity index (χ4n) is 2.90. The Bertz CT molecular complexity index is 775. The maximum atomic E-state index is 14.3. The van der Waals surface area contributed by atoms with Crippen molar-refractivity contribution in [2.75, 3.05) is 18.1 Å². The minimum Gasteiger partial charge on any atom is -0.324 e. The number of hydrogen-bond acceptors (Lipinski definition) is 2. The fourth-order valence-corrected chi connectivity index (χ4v) is 2.90. The van der Waals surface area contributed by atoms with Gasteiger partial charge in [0.15, 0.2) is 0 Å². The minimum absolute atomic E-state index is 0.00563. The summed E-state index contributed by atoms with van der Waals surface area (Å²) < 4.78 is 14.3. The fraction of sp³-hybridized carbons (Fsp3) is 0.263. The van der Waals surface area contributed by atoms with Crippen molar-refractivity contribution in [2.24, 2.45) is 0 Å². The van der Waals surface area contributed by atoms with Crippen LogP contribution in [0.1, 0.15) is 28.8 Å². The molecule has 0 bridgehead atoms. The highest BCUT2D eigenvalue weighted by Gasteiger charge is 2.28. The molecule has 3 rings (SSSR count). The Morgan fingerprint density at radius 1 is 1.17 bits per heavy atom. The Kier molecular flexibility index (Phi) is 4.60. The number of amides is 2. The van der Waals surface area contributed by atoms with Crippen LogP contribution in [0, 0.1) is 12.7 Å². The smallest absolute Gasteiger partial charge is 0.260 e. The number of anilines is 1. The maximum absolute atomic E-state index is 14.3. The normalized spacial score (nSPS) is 14.1. The van der Waals surface area contributed by atoms with Gasteiger partial charge in [0.1, 0.15) is 12.5 Å². The average Bonchev–Trinajstić information content (AvgIpc) is 2.98. The van der Waals surface area contributed by atoms with Crippen molar-refractivity contribution in [3.63, 3.8) is 0 Å². The van der Waals surface area contributed by atoms with Crippen LogP contribution in [0.2, 0.25) is 0 Å². The Hall–Kier alpha value is -2.69. The van der Waals surface area contributed by atoms with Gasteiger partial charge in [-0.3, -0.25) is 14.5 Å². The Labute approximate surface area is 140 Å². The molecule has 0 spiro atoms. The summed E-state index contributed by atoms with van der Waals surface area (Å²) in [7, 11) is 0. The van der Waals surface area contributed by atoms with Gasteiger partial charge in [-0.2, -0.15) is 0 Å². The summed E-state index contributed by atoms with van der Waals surface area (Å²) in [6.45, 7) is 2.49. The number of para-hydroxylation sites is 1. The first-order valence-electron chi connectivity index (χ1n) is 7.97. The minimum atomic E-state index is -0.480. The van der Waals surface area contributed by atoms with Gasteiger partial charge < -0.3 is 4.90 Å². The number of carbonyl (C=O) groups excluding carboxylic acids is 2. The molecule has 0 atom stereocenters. The van der Waals surface area contributed by atoms with E-state index in [-0.39, 0.29) is 24.2 Å². The highest BCUT2D eigenvalue weighted by molar-refractivity contribution is 6.07. The highest BCUT2D eigenvalue weighted by atomic mass is 19.1. The molecule has 1 aliphatic heterocycles. The quantitative estimate of drug-likeness (QED) is 0.864. The zero-order chi connectivity index (χ0) is 17.1. The molecule has 24 heavy (non-hydrogen) atoms. The lowest BCUT2D eigenvalue weighted by Gasteiger charge is -2.28. The van der Waals surface area contributed by atoms with Crippen LogP contribution < -0.4 is 4.90 Å². The van der Waals surface area contributed by atoms with Crippen molar-refractivity contribution < 1.29 is 14.0 Å². The molecule has 2 amide bonds. The van der Waals surface area contributed by atoms with E-state index in [1.54, 1.807) is 35.2 Å². The van der Waals surface area contributed by atoms with Gasteiger partial charge in [0.25, 0.3) is 5.91 Å². The average molecular weight is 326 g/mol. The van der Waals surface area contributed by atoms with E-state index in [2.05, 4.69) is 0 Å². The molecule has 124 valence electrons. The SMILES string of the molecule is Cc1ccccc1C(=O)N(CN1CCCC1=O)c1ccccc1F. The lowest BCUT2D eigenvalue weighted by atomic mass is 10.1. The van der Waals surface area contributed by atoms with Crippen LogP contribution in [-0.4, -0.2) is 29.9 Å². The van der Waals surface area contributed by atoms with Crippen molar-refractivity contribution in [3.8, 4) is 0 Å². The third kappa shape index (κ3) is 3.15. The van der Waals surface area contributed by atoms with Gasteiger partial charge in [0.05, 0.1) is 5.69 Å². The third-order valence-electron chi connectivity index (χ3n) is 4.25. The van der Waals surface area contributed by atoms with Gasteiger partial charge in [-0.15, -0.1) is 0 Å². The van der Waals surface area contributed by atoms with Crippen molar-refractivity contribution in [1.82, 2.24) is 4.90 Å². The summed E-state index contributed by atoms with van der Waals surface area (Å²) in [5.41, 5.74) is 1.51. The number of carbonyl (C=O) groups is 2. The van der Waals surface area contributed by atoms with Crippen LogP contribution in [0.3, 0.4) is 0 Å². The zero-order valence-electron chi connectivity index (χ0n) is 13.5. The van der Waals surface area contributed by atoms with E-state index in [0.717, 1.165) is 12.0 Å². The molecule has 2 aromatic carbocycles. The molecule has 1 saturated heterocycles. The monoisotopic (exact) mass is 326 g/mol. The molecular formula is C19H19FN2O2. The van der Waals surface area contributed by atoms with Crippen molar-refractivity contribution in [2.45, 2.75) is 19.8 Å². The molecule has 0 N–H and O–H groups in total. The first-order valence-corrected chi connectivity index (χ1v) is 7.97. The molecule has 5 heteroatoms. The van der Waals surface area contributed by atoms with Crippen molar-refractivity contribution >= 4 is 17.5 Å². The topological polar surface area (TPSA) is 40.6 Å². The van der Waals surface area contributed by atoms with Gasteiger partial charge in [0.2, 0.25) is 5.91 Å². The molecule has 1 aliphatic rings. The predicted molar refractivity (Wildman–Crippen MR) is 90.2 cm³/mol. The van der Waals surface area contributed by atoms with Gasteiger partial charge >= 0.3 is 0 Å². The standard InChI is InChI=1S/C19H19FN2O2/c1-14-7-2-3-8-15(14)19(24)22(13-21-12-6-11-18(21)23)17-10-5-4-9-16(17)20/h2-5,7-10H,6,11-13H2,1H3. The molecule has 1 fully saturated rings. The number of hydrogen-bond donors (Lipinski definition) is 0. The second-order valence-electron chi connectivity index (χ2n) is 5.90. The lowest BCUT2D eigenvalue weighted by molar-refractivity contribution is -0.127. The van der Waals surface area contributed by atoms with E-state index < -0.39 is 5.82 Å². The zero-order valence-corrected chi connectivity index (χ0v) is 13.5.